The number of hydrogen-bond acceptors (Lipinski definition) is 1. The minimum Gasteiger partial charge on any atom is -0.505 e. The number of rotatable bonds is 0. The first kappa shape index (κ1) is 17.2. The van der Waals surface area contributed by atoms with Gasteiger partial charge in [-0.1, -0.05) is 64.6 Å². The molecule has 0 radical (unpaired) electrons. The van der Waals surface area contributed by atoms with Gasteiger partial charge in [0.2, 0.25) is 0 Å². The molecular formula is C7H8Cl6OSi2. The van der Waals surface area contributed by atoms with Crippen molar-refractivity contribution in [3.8, 4) is 5.75 Å². The van der Waals surface area contributed by atoms with E-state index in [4.69, 9.17) is 69.1 Å². The Bertz CT molecular complexity index is 276. The summed E-state index contributed by atoms with van der Waals surface area (Å²) in [6.45, 7) is 2.13. The van der Waals surface area contributed by atoms with Gasteiger partial charge in [-0.15, -0.1) is 0 Å². The predicted octanol–water partition coefficient (Wildman–Crippen LogP) is 4.10. The lowest BCUT2D eigenvalue weighted by Gasteiger charge is -2.06. The third-order valence-corrected chi connectivity index (χ3v) is 3.44. The number of phenols is 1. The molecule has 0 amide bonds. The molecule has 1 N–H and O–H groups in total. The van der Waals surface area contributed by atoms with Crippen molar-refractivity contribution in [2.24, 2.45) is 0 Å². The van der Waals surface area contributed by atoms with E-state index >= 15 is 0 Å². The van der Waals surface area contributed by atoms with Gasteiger partial charge in [0.1, 0.15) is 17.7 Å². The Kier molecular flexibility index (Phi) is 8.16. The van der Waals surface area contributed by atoms with Crippen LogP contribution < -0.4 is 0 Å². The van der Waals surface area contributed by atoms with Gasteiger partial charge in [0.05, 0.1) is 15.1 Å². The lowest BCUT2D eigenvalue weighted by atomic mass is 10.3. The topological polar surface area (TPSA) is 20.2 Å². The Morgan fingerprint density at radius 3 is 1.31 bits per heavy atom. The van der Waals surface area contributed by atoms with Crippen molar-refractivity contribution in [3.05, 3.63) is 25.1 Å². The van der Waals surface area contributed by atoms with Crippen molar-refractivity contribution < 1.29 is 5.11 Å². The van der Waals surface area contributed by atoms with E-state index in [-0.39, 0.29) is 30.9 Å². The van der Waals surface area contributed by atoms with E-state index in [2.05, 4.69) is 6.55 Å². The van der Waals surface area contributed by atoms with Crippen LogP contribution in [0.15, 0.2) is 0 Å². The Morgan fingerprint density at radius 1 is 0.875 bits per heavy atom. The average molecular weight is 377 g/mol. The monoisotopic (exact) mass is 374 g/mol. The van der Waals surface area contributed by atoms with Crippen molar-refractivity contribution in [2.45, 2.75) is 6.55 Å². The average Bonchev–Trinajstić information content (AvgIpc) is 2.20. The molecular weight excluding hydrogens is 369 g/mol. The largest absolute Gasteiger partial charge is 0.505 e. The van der Waals surface area contributed by atoms with E-state index < -0.39 is 7.62 Å². The van der Waals surface area contributed by atoms with Crippen molar-refractivity contribution in [1.82, 2.24) is 0 Å². The normalized spacial score (nSPS) is 11.9. The van der Waals surface area contributed by atoms with Gasteiger partial charge in [-0.2, -0.15) is 11.1 Å². The fourth-order valence-corrected chi connectivity index (χ4v) is 1.72. The fraction of sp³-hybridized carbons (Fsp3) is 0.143. The molecule has 0 spiro atoms. The maximum absolute atomic E-state index is 9.20. The molecule has 0 saturated carbocycles. The maximum atomic E-state index is 9.20. The molecule has 1 aromatic carbocycles. The summed E-state index contributed by atoms with van der Waals surface area (Å²) in [6, 6.07) is 0. The second-order valence-electron chi connectivity index (χ2n) is 2.93. The first-order chi connectivity index (χ1) is 7.20. The van der Waals surface area contributed by atoms with Crippen LogP contribution >= 0.6 is 69.1 Å². The van der Waals surface area contributed by atoms with Crippen LogP contribution in [-0.2, 0) is 0 Å². The highest BCUT2D eigenvalue weighted by molar-refractivity contribution is 7.31. The molecule has 0 bridgehead atoms. The van der Waals surface area contributed by atoms with Crippen LogP contribution in [0.5, 0.6) is 5.75 Å². The van der Waals surface area contributed by atoms with E-state index in [9.17, 15) is 5.11 Å². The highest BCUT2D eigenvalue weighted by Gasteiger charge is 2.18. The summed E-state index contributed by atoms with van der Waals surface area (Å²) in [5.74, 6) is -0.363. The van der Waals surface area contributed by atoms with E-state index in [1.807, 2.05) is 0 Å². The number of halogens is 6. The van der Waals surface area contributed by atoms with Crippen molar-refractivity contribution >= 4 is 86.5 Å². The van der Waals surface area contributed by atoms with Gasteiger partial charge in [0, 0.05) is 9.76 Å². The lowest BCUT2D eigenvalue weighted by molar-refractivity contribution is 0.476. The third kappa shape index (κ3) is 4.82. The van der Waals surface area contributed by atoms with Gasteiger partial charge >= 0.3 is 0 Å². The van der Waals surface area contributed by atoms with Crippen LogP contribution in [0.3, 0.4) is 0 Å². The van der Waals surface area contributed by atoms with Gasteiger partial charge in [-0.3, -0.25) is 0 Å². The number of benzene rings is 1. The summed E-state index contributed by atoms with van der Waals surface area (Å²) >= 11 is 33.4. The zero-order valence-electron chi connectivity index (χ0n) is 8.29. The van der Waals surface area contributed by atoms with E-state index in [1.165, 1.54) is 9.76 Å². The molecule has 0 saturated heterocycles. The number of aromatic hydroxyl groups is 1. The van der Waals surface area contributed by atoms with Crippen LogP contribution in [0.2, 0.25) is 31.7 Å². The molecule has 92 valence electrons. The molecule has 1 aromatic rings. The number of phenolic OH excluding ortho intramolecular Hbond substituents is 1. The van der Waals surface area contributed by atoms with Crippen LogP contribution in [0.1, 0.15) is 0 Å². The maximum Gasteiger partial charge on any atom is 0.155 e. The van der Waals surface area contributed by atoms with E-state index in [0.29, 0.717) is 0 Å². The second-order valence-corrected chi connectivity index (χ2v) is 16.9. The molecule has 1 rings (SSSR count). The highest BCUT2D eigenvalue weighted by Crippen LogP contribution is 2.47. The second kappa shape index (κ2) is 7.59. The SMILES string of the molecule is C[SiH]([SiH3])Cl.Oc1c(Cl)c(Cl)c(Cl)c(Cl)c1Cl. The van der Waals surface area contributed by atoms with Crippen LogP contribution in [-0.4, -0.2) is 22.5 Å². The third-order valence-electron chi connectivity index (χ3n) is 1.19. The van der Waals surface area contributed by atoms with E-state index in [0.717, 1.165) is 0 Å². The molecule has 0 aromatic heterocycles. The zero-order chi connectivity index (χ0) is 13.0. The molecule has 0 fully saturated rings. The van der Waals surface area contributed by atoms with Crippen LogP contribution in [0.25, 0.3) is 0 Å². The Balaban J connectivity index is 0.000000487. The molecule has 16 heavy (non-hydrogen) atoms. The van der Waals surface area contributed by atoms with Crippen molar-refractivity contribution in [2.75, 3.05) is 0 Å². The highest BCUT2D eigenvalue weighted by atomic mass is 35.6. The minimum absolute atomic E-state index is 0.00904. The summed E-state index contributed by atoms with van der Waals surface area (Å²) in [5, 5.41) is 9.01. The molecule has 0 heterocycles. The van der Waals surface area contributed by atoms with Crippen molar-refractivity contribution in [1.29, 1.82) is 0 Å². The standard InChI is InChI=1S/C6HCl5O.CH7ClSi2/c7-1-2(8)4(10)6(12)5(11)3(1)9;1-4(2)3/h12H;4H,1,3H3. The summed E-state index contributed by atoms with van der Waals surface area (Å²) in [6.07, 6.45) is 0. The molecule has 9 heteroatoms. The van der Waals surface area contributed by atoms with Crippen LogP contribution in [0, 0.1) is 0 Å². The quantitative estimate of drug-likeness (QED) is 0.313. The summed E-state index contributed by atoms with van der Waals surface area (Å²) in [5.41, 5.74) is 0. The first-order valence-corrected chi connectivity index (χ1v) is 13.5. The van der Waals surface area contributed by atoms with Gasteiger partial charge in [-0.05, 0) is 0 Å². The fourth-order valence-electron chi connectivity index (χ4n) is 0.593. The van der Waals surface area contributed by atoms with Gasteiger partial charge < -0.3 is 5.11 Å². The van der Waals surface area contributed by atoms with E-state index in [1.54, 1.807) is 0 Å². The summed E-state index contributed by atoms with van der Waals surface area (Å²) < 4.78 is 0. The molecule has 0 aliphatic rings. The molecule has 0 aliphatic carbocycles. The number of hydrogen-bond donors (Lipinski definition) is 1. The van der Waals surface area contributed by atoms with Crippen molar-refractivity contribution in [3.63, 3.8) is 0 Å². The zero-order valence-corrected chi connectivity index (χ0v) is 16.0. The first-order valence-electron chi connectivity index (χ1n) is 4.04. The van der Waals surface area contributed by atoms with Crippen LogP contribution in [0.4, 0.5) is 0 Å². The molecule has 0 aliphatic heterocycles. The Morgan fingerprint density at radius 2 is 1.06 bits per heavy atom. The summed E-state index contributed by atoms with van der Waals surface area (Å²) in [4.78, 5) is 0. The Hall–Kier alpha value is 1.19. The molecule has 1 atom stereocenters. The Labute approximate surface area is 128 Å². The van der Waals surface area contributed by atoms with Gasteiger partial charge in [-0.25, -0.2) is 0 Å². The van der Waals surface area contributed by atoms with Gasteiger partial charge in [0.25, 0.3) is 0 Å². The summed E-state index contributed by atoms with van der Waals surface area (Å²) in [7, 11) is 0.725. The molecule has 1 unspecified atom stereocenters. The predicted molar refractivity (Wildman–Crippen MR) is 82.0 cm³/mol. The molecule has 1 nitrogen and oxygen atoms in total. The minimum atomic E-state index is -0.528. The smallest absolute Gasteiger partial charge is 0.155 e. The van der Waals surface area contributed by atoms with Gasteiger partial charge in [0.15, 0.2) is 5.75 Å². The lowest BCUT2D eigenvalue weighted by Crippen LogP contribution is -1.90.